The third kappa shape index (κ3) is 24.2. The molecule has 0 saturated carbocycles. The van der Waals surface area contributed by atoms with Crippen LogP contribution in [0.1, 0.15) is 187 Å². The summed E-state index contributed by atoms with van der Waals surface area (Å²) in [5.74, 6) is -0.215. The zero-order valence-electron chi connectivity index (χ0n) is 39.1. The quantitative estimate of drug-likeness (QED) is 0.0250. The zero-order valence-corrected chi connectivity index (χ0v) is 39.1. The van der Waals surface area contributed by atoms with Crippen LogP contribution in [0.4, 0.5) is 0 Å². The molecule has 0 aliphatic carbocycles. The molecule has 12 unspecified atom stereocenters. The van der Waals surface area contributed by atoms with Crippen LogP contribution in [0.3, 0.4) is 0 Å². The first-order valence-corrected chi connectivity index (χ1v) is 25.1. The van der Waals surface area contributed by atoms with Gasteiger partial charge in [0, 0.05) is 6.42 Å². The fourth-order valence-electron chi connectivity index (χ4n) is 8.27. The topological polar surface area (TPSA) is 228 Å². The summed E-state index contributed by atoms with van der Waals surface area (Å²) in [6.07, 6.45) is 22.3. The Morgan fingerprint density at radius 2 is 1.05 bits per heavy atom. The van der Waals surface area contributed by atoms with Gasteiger partial charge in [-0.3, -0.25) is 4.79 Å². The molecule has 2 saturated heterocycles. The molecule has 1 amide bonds. The molecule has 2 rings (SSSR count). The smallest absolute Gasteiger partial charge is 0.220 e. The molecular formula is C49H91NO13. The van der Waals surface area contributed by atoms with Gasteiger partial charge in [-0.1, -0.05) is 160 Å². The average molecular weight is 902 g/mol. The normalized spacial score (nSPS) is 27.7. The predicted molar refractivity (Wildman–Crippen MR) is 245 cm³/mol. The number of ether oxygens (including phenoxy) is 4. The van der Waals surface area contributed by atoms with Crippen molar-refractivity contribution in [2.24, 2.45) is 0 Å². The highest BCUT2D eigenvalue weighted by atomic mass is 16.7. The van der Waals surface area contributed by atoms with Crippen LogP contribution in [0, 0.1) is 0 Å². The highest BCUT2D eigenvalue weighted by Gasteiger charge is 2.51. The predicted octanol–water partition coefficient (Wildman–Crippen LogP) is 6.16. The Hall–Kier alpha value is -1.53. The zero-order chi connectivity index (χ0) is 46.1. The first-order chi connectivity index (χ1) is 30.6. The van der Waals surface area contributed by atoms with Crippen molar-refractivity contribution in [2.75, 3.05) is 19.8 Å². The molecule has 2 aliphatic heterocycles. The van der Waals surface area contributed by atoms with Crippen molar-refractivity contribution in [3.8, 4) is 0 Å². The van der Waals surface area contributed by atoms with Gasteiger partial charge < -0.3 is 65.1 Å². The monoisotopic (exact) mass is 902 g/mol. The van der Waals surface area contributed by atoms with Gasteiger partial charge in [0.15, 0.2) is 12.6 Å². The van der Waals surface area contributed by atoms with Gasteiger partial charge in [0.1, 0.15) is 48.8 Å². The minimum absolute atomic E-state index is 0.215. The summed E-state index contributed by atoms with van der Waals surface area (Å²) in [5.41, 5.74) is 0. The summed E-state index contributed by atoms with van der Waals surface area (Å²) in [7, 11) is 0. The molecule has 9 N–H and O–H groups in total. The molecule has 0 radical (unpaired) electrons. The molecule has 63 heavy (non-hydrogen) atoms. The van der Waals surface area contributed by atoms with Crippen molar-refractivity contribution >= 4 is 5.91 Å². The molecule has 370 valence electrons. The maximum absolute atomic E-state index is 13.1. The number of amides is 1. The van der Waals surface area contributed by atoms with Crippen LogP contribution in [0.2, 0.25) is 0 Å². The molecule has 14 heteroatoms. The van der Waals surface area contributed by atoms with Crippen molar-refractivity contribution in [3.63, 3.8) is 0 Å². The number of aliphatic hydroxyl groups is 8. The fraction of sp³-hybridized carbons (Fsp3) is 0.898. The van der Waals surface area contributed by atoms with Gasteiger partial charge in [0.25, 0.3) is 0 Å². The Bertz CT molecular complexity index is 1160. The van der Waals surface area contributed by atoms with E-state index < -0.39 is 86.8 Å². The van der Waals surface area contributed by atoms with Gasteiger partial charge in [-0.2, -0.15) is 0 Å². The Balaban J connectivity index is 1.70. The lowest BCUT2D eigenvalue weighted by molar-refractivity contribution is -0.359. The van der Waals surface area contributed by atoms with E-state index in [9.17, 15) is 45.6 Å². The molecule has 0 aromatic heterocycles. The average Bonchev–Trinajstić information content (AvgIpc) is 3.28. The van der Waals surface area contributed by atoms with Crippen LogP contribution in [0.5, 0.6) is 0 Å². The van der Waals surface area contributed by atoms with Crippen LogP contribution in [-0.4, -0.2) is 140 Å². The number of aliphatic hydroxyl groups excluding tert-OH is 8. The number of allylic oxidation sites excluding steroid dienone is 4. The largest absolute Gasteiger partial charge is 0.394 e. The third-order valence-electron chi connectivity index (χ3n) is 12.4. The second-order valence-corrected chi connectivity index (χ2v) is 17.9. The van der Waals surface area contributed by atoms with E-state index in [0.29, 0.717) is 12.8 Å². The summed E-state index contributed by atoms with van der Waals surface area (Å²) in [6.45, 7) is 2.76. The standard InChI is InChI=1S/C49H91NO13/c1-3-5-7-9-11-12-13-14-15-16-17-18-19-20-21-22-23-24-25-26-27-29-31-33-41(54)50-37(38(53)32-30-28-10-8-6-4-2)36-60-48-46(59)44(57)47(40(35-52)62-48)63-49-45(58)43(56)42(55)39(34-51)61-49/h13-14,16-17,37-40,42-49,51-53,55-59H,3-12,15,18-36H2,1-2H3,(H,50,54)/b14-13-,17-16-. The van der Waals surface area contributed by atoms with E-state index in [0.717, 1.165) is 70.6 Å². The van der Waals surface area contributed by atoms with Crippen LogP contribution in [0.25, 0.3) is 0 Å². The van der Waals surface area contributed by atoms with Crippen LogP contribution < -0.4 is 5.32 Å². The van der Waals surface area contributed by atoms with Crippen molar-refractivity contribution in [3.05, 3.63) is 24.3 Å². The first-order valence-electron chi connectivity index (χ1n) is 25.1. The van der Waals surface area contributed by atoms with E-state index in [1.54, 1.807) is 0 Å². The number of carbonyl (C=O) groups is 1. The van der Waals surface area contributed by atoms with Gasteiger partial charge >= 0.3 is 0 Å². The fourth-order valence-corrected chi connectivity index (χ4v) is 8.27. The summed E-state index contributed by atoms with van der Waals surface area (Å²) in [6, 6.07) is -0.824. The van der Waals surface area contributed by atoms with Crippen LogP contribution in [-0.2, 0) is 23.7 Å². The van der Waals surface area contributed by atoms with Gasteiger partial charge in [-0.25, -0.2) is 0 Å². The number of carbonyl (C=O) groups excluding carboxylic acids is 1. The van der Waals surface area contributed by atoms with Crippen molar-refractivity contribution in [1.82, 2.24) is 5.32 Å². The Labute approximate surface area is 379 Å². The molecule has 0 aromatic rings. The van der Waals surface area contributed by atoms with Crippen LogP contribution in [0.15, 0.2) is 24.3 Å². The Morgan fingerprint density at radius 3 is 1.59 bits per heavy atom. The highest BCUT2D eigenvalue weighted by molar-refractivity contribution is 5.76. The molecular weight excluding hydrogens is 811 g/mol. The molecule has 2 fully saturated rings. The number of unbranched alkanes of at least 4 members (excludes halogenated alkanes) is 21. The van der Waals surface area contributed by atoms with Gasteiger partial charge in [-0.05, 0) is 44.9 Å². The molecule has 2 heterocycles. The first kappa shape index (κ1) is 57.6. The van der Waals surface area contributed by atoms with Gasteiger partial charge in [0.05, 0.1) is 32.0 Å². The molecule has 0 bridgehead atoms. The van der Waals surface area contributed by atoms with Crippen molar-refractivity contribution in [2.45, 2.75) is 261 Å². The van der Waals surface area contributed by atoms with Crippen LogP contribution >= 0.6 is 0 Å². The number of hydrogen-bond acceptors (Lipinski definition) is 13. The van der Waals surface area contributed by atoms with Crippen molar-refractivity contribution < 1.29 is 64.6 Å². The van der Waals surface area contributed by atoms with E-state index >= 15 is 0 Å². The SMILES string of the molecule is CCCCCCC/C=C\C/C=C\CCCCCCCCCCCCCC(=O)NC(COC1OC(CO)C(OC2OC(CO)C(O)C(O)C2O)C(O)C1O)C(O)CCCCCCCC. The third-order valence-corrected chi connectivity index (χ3v) is 12.4. The van der Waals surface area contributed by atoms with E-state index in [2.05, 4.69) is 43.5 Å². The minimum atomic E-state index is -1.78. The minimum Gasteiger partial charge on any atom is -0.394 e. The van der Waals surface area contributed by atoms with Gasteiger partial charge in [0.2, 0.25) is 5.91 Å². The summed E-state index contributed by atoms with van der Waals surface area (Å²) in [4.78, 5) is 13.1. The maximum Gasteiger partial charge on any atom is 0.220 e. The molecule has 2 aliphatic rings. The summed E-state index contributed by atoms with van der Waals surface area (Å²) >= 11 is 0. The Morgan fingerprint density at radius 1 is 0.571 bits per heavy atom. The molecule has 14 nitrogen and oxygen atoms in total. The highest BCUT2D eigenvalue weighted by Crippen LogP contribution is 2.30. The van der Waals surface area contributed by atoms with E-state index in [1.165, 1.54) is 89.9 Å². The van der Waals surface area contributed by atoms with Gasteiger partial charge in [-0.15, -0.1) is 0 Å². The Kier molecular flexibility index (Phi) is 33.4. The van der Waals surface area contributed by atoms with E-state index in [-0.39, 0.29) is 12.5 Å². The molecule has 0 aromatic carbocycles. The lowest BCUT2D eigenvalue weighted by Gasteiger charge is -2.46. The second kappa shape index (κ2) is 36.6. The number of rotatable bonds is 38. The number of hydrogen-bond donors (Lipinski definition) is 9. The van der Waals surface area contributed by atoms with E-state index in [4.69, 9.17) is 18.9 Å². The summed E-state index contributed by atoms with van der Waals surface area (Å²) in [5, 5.41) is 86.4. The van der Waals surface area contributed by atoms with Crippen molar-refractivity contribution in [1.29, 1.82) is 0 Å². The molecule has 12 atom stereocenters. The summed E-state index contributed by atoms with van der Waals surface area (Å²) < 4.78 is 22.6. The lowest BCUT2D eigenvalue weighted by Crippen LogP contribution is -2.65. The van der Waals surface area contributed by atoms with E-state index in [1.807, 2.05) is 0 Å². The lowest BCUT2D eigenvalue weighted by atomic mass is 9.97. The maximum atomic E-state index is 13.1. The molecule has 0 spiro atoms. The second-order valence-electron chi connectivity index (χ2n) is 17.9. The number of nitrogens with one attached hydrogen (secondary N) is 1.